The predicted molar refractivity (Wildman–Crippen MR) is 110 cm³/mol. The van der Waals surface area contributed by atoms with Crippen molar-refractivity contribution in [2.75, 3.05) is 11.9 Å². The van der Waals surface area contributed by atoms with Gasteiger partial charge >= 0.3 is 0 Å². The van der Waals surface area contributed by atoms with Gasteiger partial charge in [0.05, 0.1) is 12.0 Å². The summed E-state index contributed by atoms with van der Waals surface area (Å²) in [5, 5.41) is 5.22. The molecule has 1 aliphatic rings. The van der Waals surface area contributed by atoms with Gasteiger partial charge in [0.25, 0.3) is 0 Å². The maximum atomic E-state index is 13.1. The number of amides is 1. The molecule has 0 heterocycles. The fourth-order valence-corrected chi connectivity index (χ4v) is 3.53. The molecule has 0 atom stereocenters. The fraction of sp³-hybridized carbons (Fsp3) is 0.292. The van der Waals surface area contributed by atoms with E-state index in [0.29, 0.717) is 12.5 Å². The minimum Gasteiger partial charge on any atom is -0.493 e. The molecule has 3 heteroatoms. The van der Waals surface area contributed by atoms with Gasteiger partial charge in [-0.3, -0.25) is 4.79 Å². The zero-order chi connectivity index (χ0) is 18.9. The van der Waals surface area contributed by atoms with Crippen LogP contribution >= 0.6 is 0 Å². The van der Waals surface area contributed by atoms with Crippen molar-refractivity contribution < 1.29 is 9.53 Å². The molecular formula is C24H25NO2. The predicted octanol–water partition coefficient (Wildman–Crippen LogP) is 5.54. The number of nitrogens with one attached hydrogen (secondary N) is 1. The summed E-state index contributed by atoms with van der Waals surface area (Å²) in [6.07, 6.45) is 1.80. The SMILES string of the molecule is CC(C)COc1ccc(NC(=O)C2(c3ccccc3)CC2)c2ccccc12. The lowest BCUT2D eigenvalue weighted by molar-refractivity contribution is -0.118. The van der Waals surface area contributed by atoms with Crippen molar-refractivity contribution in [2.24, 2.45) is 5.92 Å². The van der Waals surface area contributed by atoms with E-state index in [9.17, 15) is 4.79 Å². The first-order chi connectivity index (χ1) is 13.1. The van der Waals surface area contributed by atoms with Crippen LogP contribution in [0.25, 0.3) is 10.8 Å². The molecule has 1 N–H and O–H groups in total. The molecule has 1 amide bonds. The maximum absolute atomic E-state index is 13.1. The van der Waals surface area contributed by atoms with Crippen molar-refractivity contribution in [1.29, 1.82) is 0 Å². The topological polar surface area (TPSA) is 38.3 Å². The van der Waals surface area contributed by atoms with Crippen LogP contribution in [-0.2, 0) is 10.2 Å². The Bertz CT molecular complexity index is 959. The first kappa shape index (κ1) is 17.6. The second-order valence-electron chi connectivity index (χ2n) is 7.76. The van der Waals surface area contributed by atoms with Crippen LogP contribution in [0.1, 0.15) is 32.3 Å². The van der Waals surface area contributed by atoms with Crippen LogP contribution in [0.5, 0.6) is 5.75 Å². The lowest BCUT2D eigenvalue weighted by Crippen LogP contribution is -2.27. The molecule has 1 aliphatic carbocycles. The molecule has 27 heavy (non-hydrogen) atoms. The highest BCUT2D eigenvalue weighted by molar-refractivity contribution is 6.08. The van der Waals surface area contributed by atoms with Crippen molar-refractivity contribution in [3.8, 4) is 5.75 Å². The van der Waals surface area contributed by atoms with Gasteiger partial charge in [0, 0.05) is 16.5 Å². The lowest BCUT2D eigenvalue weighted by atomic mass is 9.94. The van der Waals surface area contributed by atoms with Crippen LogP contribution in [0.15, 0.2) is 66.7 Å². The van der Waals surface area contributed by atoms with Gasteiger partial charge in [-0.25, -0.2) is 0 Å². The Labute approximate surface area is 160 Å². The summed E-state index contributed by atoms with van der Waals surface area (Å²) in [5.41, 5.74) is 1.56. The Morgan fingerprint density at radius 3 is 2.30 bits per heavy atom. The van der Waals surface area contributed by atoms with E-state index in [1.165, 1.54) is 0 Å². The number of anilines is 1. The smallest absolute Gasteiger partial charge is 0.235 e. The Kier molecular flexibility index (Phi) is 4.61. The molecule has 0 aromatic heterocycles. The van der Waals surface area contributed by atoms with Gasteiger partial charge < -0.3 is 10.1 Å². The first-order valence-corrected chi connectivity index (χ1v) is 9.62. The monoisotopic (exact) mass is 359 g/mol. The van der Waals surface area contributed by atoms with Crippen molar-refractivity contribution >= 4 is 22.4 Å². The third-order valence-electron chi connectivity index (χ3n) is 5.22. The normalized spacial score (nSPS) is 14.9. The molecular weight excluding hydrogens is 334 g/mol. The van der Waals surface area contributed by atoms with Crippen LogP contribution in [0.2, 0.25) is 0 Å². The zero-order valence-electron chi connectivity index (χ0n) is 15.9. The van der Waals surface area contributed by atoms with Crippen molar-refractivity contribution in [3.05, 3.63) is 72.3 Å². The van der Waals surface area contributed by atoms with Crippen LogP contribution in [0, 0.1) is 5.92 Å². The third kappa shape index (κ3) is 3.42. The Balaban J connectivity index is 1.63. The number of carbonyl (C=O) groups is 1. The van der Waals surface area contributed by atoms with E-state index in [4.69, 9.17) is 4.74 Å². The molecule has 138 valence electrons. The van der Waals surface area contributed by atoms with E-state index < -0.39 is 0 Å². The van der Waals surface area contributed by atoms with Gasteiger partial charge in [-0.2, -0.15) is 0 Å². The Morgan fingerprint density at radius 1 is 0.963 bits per heavy atom. The van der Waals surface area contributed by atoms with Crippen molar-refractivity contribution in [1.82, 2.24) is 0 Å². The highest BCUT2D eigenvalue weighted by atomic mass is 16.5. The van der Waals surface area contributed by atoms with Crippen molar-refractivity contribution in [3.63, 3.8) is 0 Å². The second kappa shape index (κ2) is 7.07. The highest BCUT2D eigenvalue weighted by Crippen LogP contribution is 2.49. The molecule has 3 aromatic carbocycles. The van der Waals surface area contributed by atoms with Crippen LogP contribution in [-0.4, -0.2) is 12.5 Å². The van der Waals surface area contributed by atoms with Gasteiger partial charge in [0.1, 0.15) is 5.75 Å². The van der Waals surface area contributed by atoms with Gasteiger partial charge in [0.15, 0.2) is 0 Å². The lowest BCUT2D eigenvalue weighted by Gasteiger charge is -2.18. The summed E-state index contributed by atoms with van der Waals surface area (Å²) < 4.78 is 5.98. The summed E-state index contributed by atoms with van der Waals surface area (Å²) in [4.78, 5) is 13.1. The Hall–Kier alpha value is -2.81. The van der Waals surface area contributed by atoms with Gasteiger partial charge in [-0.05, 0) is 36.5 Å². The maximum Gasteiger partial charge on any atom is 0.235 e. The standard InChI is InChI=1S/C24H25NO2/c1-17(2)16-27-22-13-12-21(19-10-6-7-11-20(19)22)25-23(26)24(14-15-24)18-8-4-3-5-9-18/h3-13,17H,14-16H2,1-2H3,(H,25,26). The molecule has 0 aliphatic heterocycles. The molecule has 0 spiro atoms. The molecule has 1 fully saturated rings. The molecule has 0 unspecified atom stereocenters. The van der Waals surface area contributed by atoms with Gasteiger partial charge in [-0.1, -0.05) is 68.4 Å². The van der Waals surface area contributed by atoms with Crippen LogP contribution in [0.3, 0.4) is 0 Å². The van der Waals surface area contributed by atoms with Gasteiger partial charge in [0.2, 0.25) is 5.91 Å². The van der Waals surface area contributed by atoms with Crippen LogP contribution in [0.4, 0.5) is 5.69 Å². The van der Waals surface area contributed by atoms with Crippen LogP contribution < -0.4 is 10.1 Å². The quantitative estimate of drug-likeness (QED) is 0.627. The van der Waals surface area contributed by atoms with E-state index in [2.05, 4.69) is 19.2 Å². The van der Waals surface area contributed by atoms with Crippen molar-refractivity contribution in [2.45, 2.75) is 32.1 Å². The minimum absolute atomic E-state index is 0.0784. The molecule has 0 bridgehead atoms. The minimum atomic E-state index is -0.380. The molecule has 3 aromatic rings. The van der Waals surface area contributed by atoms with E-state index in [-0.39, 0.29) is 11.3 Å². The number of hydrogen-bond donors (Lipinski definition) is 1. The van der Waals surface area contributed by atoms with E-state index >= 15 is 0 Å². The summed E-state index contributed by atoms with van der Waals surface area (Å²) in [6, 6.07) is 22.1. The number of carbonyl (C=O) groups excluding carboxylic acids is 1. The summed E-state index contributed by atoms with van der Waals surface area (Å²) in [5.74, 6) is 1.40. The summed E-state index contributed by atoms with van der Waals surface area (Å²) in [6.45, 7) is 4.94. The molecule has 3 nitrogen and oxygen atoms in total. The Morgan fingerprint density at radius 2 is 1.63 bits per heavy atom. The number of benzene rings is 3. The molecule has 1 saturated carbocycles. The average Bonchev–Trinajstić information content (AvgIpc) is 3.50. The molecule has 0 saturated heterocycles. The number of hydrogen-bond acceptors (Lipinski definition) is 2. The first-order valence-electron chi connectivity index (χ1n) is 9.62. The van der Waals surface area contributed by atoms with E-state index in [1.54, 1.807) is 0 Å². The molecule has 0 radical (unpaired) electrons. The average molecular weight is 359 g/mol. The number of ether oxygens (including phenoxy) is 1. The molecule has 4 rings (SSSR count). The van der Waals surface area contributed by atoms with E-state index in [1.807, 2.05) is 66.7 Å². The largest absolute Gasteiger partial charge is 0.493 e. The van der Waals surface area contributed by atoms with Gasteiger partial charge in [-0.15, -0.1) is 0 Å². The fourth-order valence-electron chi connectivity index (χ4n) is 3.53. The number of fused-ring (bicyclic) bond motifs is 1. The summed E-state index contributed by atoms with van der Waals surface area (Å²) >= 11 is 0. The van der Waals surface area contributed by atoms with E-state index in [0.717, 1.165) is 40.6 Å². The second-order valence-corrected chi connectivity index (χ2v) is 7.76. The highest BCUT2D eigenvalue weighted by Gasteiger charge is 2.51. The number of rotatable bonds is 6. The zero-order valence-corrected chi connectivity index (χ0v) is 15.9. The third-order valence-corrected chi connectivity index (χ3v) is 5.22. The summed E-state index contributed by atoms with van der Waals surface area (Å²) in [7, 11) is 0.